The third-order valence-corrected chi connectivity index (χ3v) is 2.91. The quantitative estimate of drug-likeness (QED) is 0.875. The van der Waals surface area contributed by atoms with Crippen molar-refractivity contribution in [2.45, 2.75) is 26.4 Å². The van der Waals surface area contributed by atoms with Crippen LogP contribution in [0, 0.1) is 0 Å². The van der Waals surface area contributed by atoms with Gasteiger partial charge in [0, 0.05) is 0 Å². The van der Waals surface area contributed by atoms with Crippen LogP contribution in [0.5, 0.6) is 0 Å². The Morgan fingerprint density at radius 3 is 2.85 bits per heavy atom. The fourth-order valence-electron chi connectivity index (χ4n) is 1.59. The number of carbonyl (C=O) groups is 1. The van der Waals surface area contributed by atoms with Crippen molar-refractivity contribution in [3.63, 3.8) is 0 Å². The number of para-hydroxylation sites is 1. The number of ether oxygens (including phenoxy) is 1. The topological polar surface area (TPSA) is 69.0 Å². The molecule has 0 aliphatic carbocycles. The van der Waals surface area contributed by atoms with E-state index in [9.17, 15) is 4.79 Å². The molecule has 1 amide bonds. The number of anilines is 1. The molecule has 0 bridgehead atoms. The predicted octanol–water partition coefficient (Wildman–Crippen LogP) is 2.02. The third-order valence-electron chi connectivity index (χ3n) is 2.91. The number of carbonyl (C=O) groups excluding carboxylic acids is 1. The molecule has 6 nitrogen and oxygen atoms in total. The smallest absolute Gasteiger partial charge is 0.252 e. The minimum atomic E-state index is -0.240. The molecule has 0 radical (unpaired) electrons. The van der Waals surface area contributed by atoms with E-state index in [0.29, 0.717) is 5.95 Å². The summed E-state index contributed by atoms with van der Waals surface area (Å²) in [6, 6.07) is 9.56. The lowest BCUT2D eigenvalue weighted by molar-refractivity contribution is -0.122. The molecular formula is C14H18N4O2. The molecule has 20 heavy (non-hydrogen) atoms. The van der Waals surface area contributed by atoms with Gasteiger partial charge in [-0.05, 0) is 25.5 Å². The lowest BCUT2D eigenvalue weighted by Crippen LogP contribution is -2.23. The van der Waals surface area contributed by atoms with Gasteiger partial charge in [0.05, 0.1) is 11.8 Å². The Bertz CT molecular complexity index is 553. The molecule has 6 heteroatoms. The first-order chi connectivity index (χ1) is 9.70. The molecule has 1 heterocycles. The van der Waals surface area contributed by atoms with Crippen molar-refractivity contribution < 1.29 is 9.53 Å². The summed E-state index contributed by atoms with van der Waals surface area (Å²) < 4.78 is 7.09. The Balaban J connectivity index is 2.01. The van der Waals surface area contributed by atoms with Crippen LogP contribution in [-0.4, -0.2) is 33.4 Å². The van der Waals surface area contributed by atoms with E-state index in [-0.39, 0.29) is 18.6 Å². The molecule has 0 saturated heterocycles. The summed E-state index contributed by atoms with van der Waals surface area (Å²) in [4.78, 5) is 11.8. The average Bonchev–Trinajstić information content (AvgIpc) is 2.93. The Kier molecular flexibility index (Phi) is 4.84. The number of aromatic nitrogens is 3. The van der Waals surface area contributed by atoms with Crippen LogP contribution in [0.2, 0.25) is 0 Å². The summed E-state index contributed by atoms with van der Waals surface area (Å²) in [5.41, 5.74) is 0.885. The van der Waals surface area contributed by atoms with Gasteiger partial charge in [-0.25, -0.2) is 0 Å². The number of rotatable bonds is 6. The first-order valence-electron chi connectivity index (χ1n) is 6.57. The maximum absolute atomic E-state index is 11.8. The van der Waals surface area contributed by atoms with Gasteiger partial charge in [-0.1, -0.05) is 25.1 Å². The summed E-state index contributed by atoms with van der Waals surface area (Å²) in [6.45, 7) is 3.95. The number of hydrogen-bond acceptors (Lipinski definition) is 4. The van der Waals surface area contributed by atoms with Gasteiger partial charge >= 0.3 is 0 Å². The molecule has 2 rings (SSSR count). The minimum Gasteiger partial charge on any atom is -0.369 e. The Labute approximate surface area is 117 Å². The predicted molar refractivity (Wildman–Crippen MR) is 75.7 cm³/mol. The number of nitrogens with zero attached hydrogens (tertiary/aromatic N) is 3. The SMILES string of the molecule is CCC(C)OCC(=O)Nc1nncn1-c1ccccc1. The number of hydrogen-bond donors (Lipinski definition) is 1. The highest BCUT2D eigenvalue weighted by Gasteiger charge is 2.11. The highest BCUT2D eigenvalue weighted by atomic mass is 16.5. The summed E-state index contributed by atoms with van der Waals surface area (Å²) in [7, 11) is 0. The molecule has 1 N–H and O–H groups in total. The van der Waals surface area contributed by atoms with E-state index in [1.807, 2.05) is 44.2 Å². The van der Waals surface area contributed by atoms with Crippen molar-refractivity contribution in [1.82, 2.24) is 14.8 Å². The average molecular weight is 274 g/mol. The van der Waals surface area contributed by atoms with E-state index in [2.05, 4.69) is 15.5 Å². The molecule has 0 spiro atoms. The number of amides is 1. The fraction of sp³-hybridized carbons (Fsp3) is 0.357. The first kappa shape index (κ1) is 14.2. The number of benzene rings is 1. The standard InChI is InChI=1S/C14H18N4O2/c1-3-11(2)20-9-13(19)16-14-17-15-10-18(14)12-7-5-4-6-8-12/h4-8,10-11H,3,9H2,1-2H3,(H,16,17,19). The Morgan fingerprint density at radius 1 is 1.40 bits per heavy atom. The maximum Gasteiger partial charge on any atom is 0.252 e. The lowest BCUT2D eigenvalue weighted by atomic mass is 10.3. The van der Waals surface area contributed by atoms with E-state index in [1.165, 1.54) is 0 Å². The second-order valence-corrected chi connectivity index (χ2v) is 4.44. The van der Waals surface area contributed by atoms with E-state index < -0.39 is 0 Å². The van der Waals surface area contributed by atoms with Crippen LogP contribution in [0.4, 0.5) is 5.95 Å². The Hall–Kier alpha value is -2.21. The van der Waals surface area contributed by atoms with Gasteiger partial charge in [0.25, 0.3) is 5.91 Å². The van der Waals surface area contributed by atoms with Gasteiger partial charge in [0.2, 0.25) is 5.95 Å². The molecule has 1 atom stereocenters. The van der Waals surface area contributed by atoms with Crippen LogP contribution >= 0.6 is 0 Å². The zero-order valence-corrected chi connectivity index (χ0v) is 11.6. The van der Waals surface area contributed by atoms with Crippen molar-refractivity contribution in [3.05, 3.63) is 36.7 Å². The first-order valence-corrected chi connectivity index (χ1v) is 6.57. The highest BCUT2D eigenvalue weighted by Crippen LogP contribution is 2.12. The van der Waals surface area contributed by atoms with Crippen molar-refractivity contribution in [1.29, 1.82) is 0 Å². The summed E-state index contributed by atoms with van der Waals surface area (Å²) in [6.07, 6.45) is 2.49. The normalized spacial score (nSPS) is 12.1. The molecule has 2 aromatic rings. The molecule has 1 unspecified atom stereocenters. The molecule has 0 aliphatic rings. The molecular weight excluding hydrogens is 256 g/mol. The maximum atomic E-state index is 11.8. The van der Waals surface area contributed by atoms with Crippen LogP contribution in [0.1, 0.15) is 20.3 Å². The van der Waals surface area contributed by atoms with Crippen LogP contribution in [0.25, 0.3) is 5.69 Å². The van der Waals surface area contributed by atoms with Gasteiger partial charge < -0.3 is 4.74 Å². The zero-order chi connectivity index (χ0) is 14.4. The van der Waals surface area contributed by atoms with Gasteiger partial charge in [-0.3, -0.25) is 14.7 Å². The number of nitrogens with one attached hydrogen (secondary N) is 1. The van der Waals surface area contributed by atoms with E-state index in [1.54, 1.807) is 10.9 Å². The molecule has 0 aliphatic heterocycles. The fourth-order valence-corrected chi connectivity index (χ4v) is 1.59. The van der Waals surface area contributed by atoms with Gasteiger partial charge in [-0.2, -0.15) is 0 Å². The van der Waals surface area contributed by atoms with Crippen molar-refractivity contribution in [2.24, 2.45) is 0 Å². The van der Waals surface area contributed by atoms with E-state index in [0.717, 1.165) is 12.1 Å². The van der Waals surface area contributed by atoms with Crippen molar-refractivity contribution >= 4 is 11.9 Å². The zero-order valence-electron chi connectivity index (χ0n) is 11.6. The van der Waals surface area contributed by atoms with Crippen LogP contribution in [0.3, 0.4) is 0 Å². The summed E-state index contributed by atoms with van der Waals surface area (Å²) >= 11 is 0. The lowest BCUT2D eigenvalue weighted by Gasteiger charge is -2.11. The van der Waals surface area contributed by atoms with Crippen molar-refractivity contribution in [2.75, 3.05) is 11.9 Å². The second-order valence-electron chi connectivity index (χ2n) is 4.44. The third kappa shape index (κ3) is 3.64. The molecule has 1 aromatic carbocycles. The van der Waals surface area contributed by atoms with Gasteiger partial charge in [0.15, 0.2) is 0 Å². The molecule has 0 saturated carbocycles. The summed E-state index contributed by atoms with van der Waals surface area (Å²) in [5.74, 6) is 0.143. The van der Waals surface area contributed by atoms with Crippen LogP contribution < -0.4 is 5.32 Å². The molecule has 106 valence electrons. The van der Waals surface area contributed by atoms with E-state index >= 15 is 0 Å². The Morgan fingerprint density at radius 2 is 2.15 bits per heavy atom. The largest absolute Gasteiger partial charge is 0.369 e. The molecule has 1 aromatic heterocycles. The van der Waals surface area contributed by atoms with E-state index in [4.69, 9.17) is 4.74 Å². The van der Waals surface area contributed by atoms with Gasteiger partial charge in [0.1, 0.15) is 12.9 Å². The van der Waals surface area contributed by atoms with Crippen molar-refractivity contribution in [3.8, 4) is 5.69 Å². The minimum absolute atomic E-state index is 0.0106. The molecule has 0 fully saturated rings. The monoisotopic (exact) mass is 274 g/mol. The second kappa shape index (κ2) is 6.81. The van der Waals surface area contributed by atoms with Gasteiger partial charge in [-0.15, -0.1) is 10.2 Å². The van der Waals surface area contributed by atoms with Crippen LogP contribution in [-0.2, 0) is 9.53 Å². The van der Waals surface area contributed by atoms with Crippen LogP contribution in [0.15, 0.2) is 36.7 Å². The highest BCUT2D eigenvalue weighted by molar-refractivity contribution is 5.90. The summed E-state index contributed by atoms with van der Waals surface area (Å²) in [5, 5.41) is 10.4.